The van der Waals surface area contributed by atoms with Crippen molar-refractivity contribution in [3.63, 3.8) is 0 Å². The van der Waals surface area contributed by atoms with Gasteiger partial charge in [0.25, 0.3) is 0 Å². The molecule has 1 saturated heterocycles. The Bertz CT molecular complexity index is 515. The normalized spacial score (nSPS) is 24.0. The van der Waals surface area contributed by atoms with Crippen LogP contribution >= 0.6 is 0 Å². The summed E-state index contributed by atoms with van der Waals surface area (Å²) in [6.45, 7) is 5.81. The first kappa shape index (κ1) is 25.2. The molecule has 168 valence electrons. The van der Waals surface area contributed by atoms with Gasteiger partial charge < -0.3 is 38.9 Å². The van der Waals surface area contributed by atoms with E-state index in [1.54, 1.807) is 0 Å². The molecule has 29 heavy (non-hydrogen) atoms. The fourth-order valence-electron chi connectivity index (χ4n) is 2.65. The summed E-state index contributed by atoms with van der Waals surface area (Å²) in [7, 11) is 0. The van der Waals surface area contributed by atoms with E-state index in [2.05, 4.69) is 0 Å². The van der Waals surface area contributed by atoms with Gasteiger partial charge in [-0.2, -0.15) is 0 Å². The van der Waals surface area contributed by atoms with Crippen LogP contribution < -0.4 is 5.73 Å². The molecule has 11 nitrogen and oxygen atoms in total. The van der Waals surface area contributed by atoms with Crippen molar-refractivity contribution in [3.8, 4) is 0 Å². The maximum Gasteiger partial charge on any atom is 0.303 e. The van der Waals surface area contributed by atoms with Gasteiger partial charge in [-0.25, -0.2) is 0 Å². The fraction of sp³-hybridized carbons (Fsp3) is 0.833. The van der Waals surface area contributed by atoms with E-state index in [1.165, 1.54) is 20.8 Å². The maximum atomic E-state index is 11.5. The van der Waals surface area contributed by atoms with Crippen molar-refractivity contribution in [2.45, 2.75) is 51.8 Å². The molecule has 0 radical (unpaired) electrons. The Kier molecular flexibility index (Phi) is 12.4. The Balaban J connectivity index is 2.58. The van der Waals surface area contributed by atoms with Gasteiger partial charge in [0.1, 0.15) is 18.8 Å². The second kappa shape index (κ2) is 14.2. The number of hydrogen-bond acceptors (Lipinski definition) is 11. The zero-order valence-corrected chi connectivity index (χ0v) is 17.1. The van der Waals surface area contributed by atoms with E-state index in [-0.39, 0.29) is 19.6 Å². The number of carbonyl (C=O) groups excluding carboxylic acids is 3. The molecule has 0 spiro atoms. The average molecular weight is 421 g/mol. The van der Waals surface area contributed by atoms with E-state index in [0.717, 1.165) is 0 Å². The van der Waals surface area contributed by atoms with Crippen LogP contribution in [0, 0.1) is 0 Å². The van der Waals surface area contributed by atoms with Gasteiger partial charge in [0.15, 0.2) is 12.4 Å². The van der Waals surface area contributed by atoms with Crippen LogP contribution in [0.2, 0.25) is 0 Å². The van der Waals surface area contributed by atoms with Gasteiger partial charge in [-0.05, 0) is 0 Å². The summed E-state index contributed by atoms with van der Waals surface area (Å²) in [5.74, 6) is -1.64. The lowest BCUT2D eigenvalue weighted by Crippen LogP contribution is -2.54. The van der Waals surface area contributed by atoms with E-state index >= 15 is 0 Å². The summed E-state index contributed by atoms with van der Waals surface area (Å²) in [5.41, 5.74) is 5.31. The zero-order chi connectivity index (χ0) is 21.6. The van der Waals surface area contributed by atoms with E-state index in [0.29, 0.717) is 33.0 Å². The summed E-state index contributed by atoms with van der Waals surface area (Å²) in [5, 5.41) is 0. The van der Waals surface area contributed by atoms with Crippen LogP contribution in [-0.4, -0.2) is 88.7 Å². The molecular weight excluding hydrogens is 390 g/mol. The molecule has 1 aliphatic rings. The van der Waals surface area contributed by atoms with Crippen molar-refractivity contribution in [3.05, 3.63) is 0 Å². The average Bonchev–Trinajstić information content (AvgIpc) is 2.63. The van der Waals surface area contributed by atoms with Crippen LogP contribution in [0.3, 0.4) is 0 Å². The first-order valence-electron chi connectivity index (χ1n) is 9.43. The Morgan fingerprint density at radius 2 is 1.52 bits per heavy atom. The SMILES string of the molecule is CC(=O)OC[C@H]1O[C@@H](OCCOCCOCCN)C[C@@H](OC(C)=O)[C@H]1OC(C)=O. The first-order valence-corrected chi connectivity index (χ1v) is 9.43. The summed E-state index contributed by atoms with van der Waals surface area (Å²) in [6.07, 6.45) is -3.19. The minimum atomic E-state index is -0.924. The van der Waals surface area contributed by atoms with Crippen LogP contribution in [0.1, 0.15) is 27.2 Å². The predicted molar refractivity (Wildman–Crippen MR) is 97.7 cm³/mol. The van der Waals surface area contributed by atoms with E-state index < -0.39 is 42.5 Å². The summed E-state index contributed by atoms with van der Waals surface area (Å²) in [4.78, 5) is 34.1. The molecule has 1 rings (SSSR count). The number of esters is 3. The number of ether oxygens (including phenoxy) is 7. The third-order valence-electron chi connectivity index (χ3n) is 3.72. The minimum Gasteiger partial charge on any atom is -0.463 e. The molecule has 1 aliphatic heterocycles. The topological polar surface area (TPSA) is 142 Å². The molecular formula is C18H31NO10. The highest BCUT2D eigenvalue weighted by Crippen LogP contribution is 2.27. The highest BCUT2D eigenvalue weighted by Gasteiger charge is 2.44. The third-order valence-corrected chi connectivity index (χ3v) is 3.72. The lowest BCUT2D eigenvalue weighted by atomic mass is 10.0. The summed E-state index contributed by atoms with van der Waals surface area (Å²) >= 11 is 0. The van der Waals surface area contributed by atoms with E-state index in [9.17, 15) is 14.4 Å². The minimum absolute atomic E-state index is 0.147. The quantitative estimate of drug-likeness (QED) is 0.234. The molecule has 0 aliphatic carbocycles. The monoisotopic (exact) mass is 421 g/mol. The van der Waals surface area contributed by atoms with Gasteiger partial charge >= 0.3 is 17.9 Å². The molecule has 0 saturated carbocycles. The van der Waals surface area contributed by atoms with Crippen molar-refractivity contribution < 1.29 is 47.5 Å². The Hall–Kier alpha value is -1.79. The predicted octanol–water partition coefficient (Wildman–Crippen LogP) is -0.464. The Labute approximate surface area is 170 Å². The van der Waals surface area contributed by atoms with Gasteiger partial charge in [0.2, 0.25) is 0 Å². The molecule has 0 aromatic rings. The third kappa shape index (κ3) is 11.1. The maximum absolute atomic E-state index is 11.5. The molecule has 0 aromatic carbocycles. The largest absolute Gasteiger partial charge is 0.463 e. The van der Waals surface area contributed by atoms with Crippen molar-refractivity contribution in [2.75, 3.05) is 46.2 Å². The molecule has 0 unspecified atom stereocenters. The lowest BCUT2D eigenvalue weighted by molar-refractivity contribution is -0.267. The smallest absolute Gasteiger partial charge is 0.303 e. The van der Waals surface area contributed by atoms with Crippen molar-refractivity contribution in [1.82, 2.24) is 0 Å². The van der Waals surface area contributed by atoms with Crippen LogP contribution in [-0.2, 0) is 47.5 Å². The van der Waals surface area contributed by atoms with Gasteiger partial charge in [-0.15, -0.1) is 0 Å². The molecule has 1 fully saturated rings. The summed E-state index contributed by atoms with van der Waals surface area (Å²) in [6, 6.07) is 0. The molecule has 0 bridgehead atoms. The van der Waals surface area contributed by atoms with Crippen LogP contribution in [0.4, 0.5) is 0 Å². The van der Waals surface area contributed by atoms with Gasteiger partial charge in [-0.3, -0.25) is 14.4 Å². The van der Waals surface area contributed by atoms with Gasteiger partial charge in [0, 0.05) is 33.7 Å². The van der Waals surface area contributed by atoms with Crippen molar-refractivity contribution in [2.24, 2.45) is 5.73 Å². The second-order valence-corrected chi connectivity index (χ2v) is 6.25. The van der Waals surface area contributed by atoms with Crippen molar-refractivity contribution >= 4 is 17.9 Å². The van der Waals surface area contributed by atoms with Crippen molar-refractivity contribution in [1.29, 1.82) is 0 Å². The fourth-order valence-corrected chi connectivity index (χ4v) is 2.65. The number of carbonyl (C=O) groups is 3. The van der Waals surface area contributed by atoms with Crippen LogP contribution in [0.15, 0.2) is 0 Å². The molecule has 11 heteroatoms. The second-order valence-electron chi connectivity index (χ2n) is 6.25. The van der Waals surface area contributed by atoms with Crippen LogP contribution in [0.25, 0.3) is 0 Å². The number of rotatable bonds is 13. The highest BCUT2D eigenvalue weighted by atomic mass is 16.7. The molecule has 0 amide bonds. The number of hydrogen-bond donors (Lipinski definition) is 1. The molecule has 2 N–H and O–H groups in total. The highest BCUT2D eigenvalue weighted by molar-refractivity contribution is 5.67. The molecule has 1 heterocycles. The Morgan fingerprint density at radius 1 is 0.897 bits per heavy atom. The summed E-state index contributed by atoms with van der Waals surface area (Å²) < 4.78 is 37.5. The molecule has 4 atom stereocenters. The van der Waals surface area contributed by atoms with E-state index in [4.69, 9.17) is 38.9 Å². The van der Waals surface area contributed by atoms with Crippen LogP contribution in [0.5, 0.6) is 0 Å². The zero-order valence-electron chi connectivity index (χ0n) is 17.1. The Morgan fingerprint density at radius 3 is 2.10 bits per heavy atom. The van der Waals surface area contributed by atoms with E-state index in [1.807, 2.05) is 0 Å². The molecule has 0 aromatic heterocycles. The first-order chi connectivity index (χ1) is 13.8. The van der Waals surface area contributed by atoms with Gasteiger partial charge in [0.05, 0.1) is 33.0 Å². The van der Waals surface area contributed by atoms with Gasteiger partial charge in [-0.1, -0.05) is 0 Å². The standard InChI is InChI=1S/C18H31NO10/c1-12(20)26-11-16-18(28-14(3)22)15(27-13(2)21)10-17(29-16)25-9-8-24-7-6-23-5-4-19/h15-18H,4-11,19H2,1-3H3/t15-,16-,17-,18-/m1/s1. The number of nitrogens with two attached hydrogens (primary N) is 1. The lowest BCUT2D eigenvalue weighted by Gasteiger charge is -2.39.